The van der Waals surface area contributed by atoms with E-state index in [1.54, 1.807) is 7.11 Å². The van der Waals surface area contributed by atoms with Crippen molar-refractivity contribution in [2.75, 3.05) is 7.11 Å². The lowest BCUT2D eigenvalue weighted by Gasteiger charge is -2.37. The zero-order valence-corrected chi connectivity index (χ0v) is 9.99. The summed E-state index contributed by atoms with van der Waals surface area (Å²) in [4.78, 5) is 0. The molecule has 1 aliphatic rings. The number of methoxy groups -OCH3 is 1. The molecule has 2 unspecified atom stereocenters. The molecular formula is C13H18O3. The minimum atomic E-state index is -0.445. The monoisotopic (exact) mass is 222 g/mol. The van der Waals surface area contributed by atoms with Crippen molar-refractivity contribution in [1.29, 1.82) is 0 Å². The van der Waals surface area contributed by atoms with Crippen LogP contribution in [0.25, 0.3) is 0 Å². The molecule has 0 saturated heterocycles. The summed E-state index contributed by atoms with van der Waals surface area (Å²) in [6.07, 6.45) is 1.07. The second kappa shape index (κ2) is 3.98. The predicted octanol–water partition coefficient (Wildman–Crippen LogP) is 2.68. The maximum absolute atomic E-state index is 10.1. The van der Waals surface area contributed by atoms with Gasteiger partial charge < -0.3 is 14.6 Å². The summed E-state index contributed by atoms with van der Waals surface area (Å²) in [5, 5.41) is 10.1. The molecule has 2 atom stereocenters. The lowest BCUT2D eigenvalue weighted by molar-refractivity contribution is -0.00394. The molecule has 0 spiro atoms. The van der Waals surface area contributed by atoms with E-state index in [1.165, 1.54) is 0 Å². The molecule has 0 aliphatic carbocycles. The molecular weight excluding hydrogens is 204 g/mol. The molecule has 1 aromatic carbocycles. The van der Waals surface area contributed by atoms with Crippen LogP contribution in [0, 0.1) is 0 Å². The van der Waals surface area contributed by atoms with Gasteiger partial charge in [0, 0.05) is 18.1 Å². The van der Waals surface area contributed by atoms with Crippen molar-refractivity contribution in [2.45, 2.75) is 38.4 Å². The highest BCUT2D eigenvalue weighted by atomic mass is 16.5. The van der Waals surface area contributed by atoms with Gasteiger partial charge in [0.25, 0.3) is 0 Å². The van der Waals surface area contributed by atoms with Crippen molar-refractivity contribution in [3.8, 4) is 11.5 Å². The summed E-state index contributed by atoms with van der Waals surface area (Å²) in [5.41, 5.74) is 0.574. The Morgan fingerprint density at radius 2 is 2.31 bits per heavy atom. The number of fused-ring (bicyclic) bond motifs is 1. The Balaban J connectivity index is 2.39. The summed E-state index contributed by atoms with van der Waals surface area (Å²) >= 11 is 0. The van der Waals surface area contributed by atoms with Crippen molar-refractivity contribution in [2.24, 2.45) is 0 Å². The van der Waals surface area contributed by atoms with Crippen LogP contribution >= 0.6 is 0 Å². The minimum absolute atomic E-state index is 0.279. The lowest BCUT2D eigenvalue weighted by Crippen LogP contribution is -2.37. The summed E-state index contributed by atoms with van der Waals surface area (Å²) in [7, 11) is 1.62. The minimum Gasteiger partial charge on any atom is -0.497 e. The average Bonchev–Trinajstić information content (AvgIpc) is 2.28. The van der Waals surface area contributed by atoms with E-state index in [-0.39, 0.29) is 5.60 Å². The molecule has 0 fully saturated rings. The highest BCUT2D eigenvalue weighted by Crippen LogP contribution is 2.42. The van der Waals surface area contributed by atoms with Gasteiger partial charge in [-0.1, -0.05) is 6.92 Å². The molecule has 3 heteroatoms. The molecule has 1 N–H and O–H groups in total. The average molecular weight is 222 g/mol. The Morgan fingerprint density at radius 1 is 1.56 bits per heavy atom. The lowest BCUT2D eigenvalue weighted by atomic mass is 9.88. The molecule has 2 rings (SSSR count). The number of aliphatic hydroxyl groups excluding tert-OH is 1. The van der Waals surface area contributed by atoms with Crippen LogP contribution in [-0.2, 0) is 0 Å². The first-order valence-corrected chi connectivity index (χ1v) is 5.63. The second-order valence-electron chi connectivity index (χ2n) is 4.53. The Bertz CT molecular complexity index is 389. The van der Waals surface area contributed by atoms with Crippen molar-refractivity contribution in [3.63, 3.8) is 0 Å². The largest absolute Gasteiger partial charge is 0.497 e. The van der Waals surface area contributed by atoms with Crippen molar-refractivity contribution in [1.82, 2.24) is 0 Å². The molecule has 16 heavy (non-hydrogen) atoms. The molecule has 0 aromatic heterocycles. The van der Waals surface area contributed by atoms with Crippen LogP contribution in [0.1, 0.15) is 38.4 Å². The van der Waals surface area contributed by atoms with E-state index in [4.69, 9.17) is 9.47 Å². The van der Waals surface area contributed by atoms with Crippen LogP contribution in [0.15, 0.2) is 18.2 Å². The maximum Gasteiger partial charge on any atom is 0.129 e. The van der Waals surface area contributed by atoms with Crippen LogP contribution in [-0.4, -0.2) is 17.8 Å². The zero-order valence-electron chi connectivity index (χ0n) is 9.99. The molecule has 1 aliphatic heterocycles. The van der Waals surface area contributed by atoms with E-state index in [0.29, 0.717) is 6.42 Å². The third-order valence-electron chi connectivity index (χ3n) is 3.31. The van der Waals surface area contributed by atoms with Gasteiger partial charge in [-0.05, 0) is 25.5 Å². The van der Waals surface area contributed by atoms with Crippen LogP contribution in [0.3, 0.4) is 0 Å². The molecule has 88 valence electrons. The van der Waals surface area contributed by atoms with Gasteiger partial charge >= 0.3 is 0 Å². The molecule has 3 nitrogen and oxygen atoms in total. The fourth-order valence-corrected chi connectivity index (χ4v) is 2.05. The Morgan fingerprint density at radius 3 is 2.94 bits per heavy atom. The van der Waals surface area contributed by atoms with Crippen LogP contribution in [0.4, 0.5) is 0 Å². The van der Waals surface area contributed by atoms with E-state index >= 15 is 0 Å². The highest BCUT2D eigenvalue weighted by Gasteiger charge is 2.35. The summed E-state index contributed by atoms with van der Waals surface area (Å²) in [6.45, 7) is 4.09. The Kier molecular flexibility index (Phi) is 2.80. The van der Waals surface area contributed by atoms with E-state index < -0.39 is 6.10 Å². The van der Waals surface area contributed by atoms with E-state index in [2.05, 4.69) is 6.92 Å². The summed E-state index contributed by atoms with van der Waals surface area (Å²) in [6, 6.07) is 5.56. The van der Waals surface area contributed by atoms with E-state index in [0.717, 1.165) is 23.5 Å². The molecule has 1 heterocycles. The molecule has 1 aromatic rings. The zero-order chi connectivity index (χ0) is 11.8. The molecule has 0 radical (unpaired) electrons. The maximum atomic E-state index is 10.1. The number of aliphatic hydroxyl groups is 1. The van der Waals surface area contributed by atoms with Crippen molar-refractivity contribution in [3.05, 3.63) is 23.8 Å². The number of hydrogen-bond acceptors (Lipinski definition) is 3. The summed E-state index contributed by atoms with van der Waals surface area (Å²) < 4.78 is 11.1. The quantitative estimate of drug-likeness (QED) is 0.836. The molecule has 0 saturated carbocycles. The standard InChI is InChI=1S/C13H18O3/c1-4-13(2)8-11(14)10-6-5-9(15-3)7-12(10)16-13/h5-7,11,14H,4,8H2,1-3H3. The van der Waals surface area contributed by atoms with Crippen molar-refractivity contribution >= 4 is 0 Å². The fourth-order valence-electron chi connectivity index (χ4n) is 2.05. The number of rotatable bonds is 2. The first-order chi connectivity index (χ1) is 7.58. The van der Waals surface area contributed by atoms with Crippen LogP contribution < -0.4 is 9.47 Å². The van der Waals surface area contributed by atoms with Gasteiger partial charge in [0.2, 0.25) is 0 Å². The van der Waals surface area contributed by atoms with Gasteiger partial charge in [-0.15, -0.1) is 0 Å². The van der Waals surface area contributed by atoms with Crippen LogP contribution in [0.2, 0.25) is 0 Å². The molecule has 0 bridgehead atoms. The van der Waals surface area contributed by atoms with Gasteiger partial charge in [0.15, 0.2) is 0 Å². The third-order valence-corrected chi connectivity index (χ3v) is 3.31. The number of ether oxygens (including phenoxy) is 2. The van der Waals surface area contributed by atoms with E-state index in [1.807, 2.05) is 25.1 Å². The first kappa shape index (κ1) is 11.3. The highest BCUT2D eigenvalue weighted by molar-refractivity contribution is 5.43. The first-order valence-electron chi connectivity index (χ1n) is 5.63. The topological polar surface area (TPSA) is 38.7 Å². The number of hydrogen-bond donors (Lipinski definition) is 1. The Labute approximate surface area is 96.0 Å². The van der Waals surface area contributed by atoms with Gasteiger partial charge in [-0.2, -0.15) is 0 Å². The Hall–Kier alpha value is -1.22. The van der Waals surface area contributed by atoms with Gasteiger partial charge in [-0.3, -0.25) is 0 Å². The van der Waals surface area contributed by atoms with Gasteiger partial charge in [0.05, 0.1) is 13.2 Å². The SMILES string of the molecule is CCC1(C)CC(O)c2ccc(OC)cc2O1. The normalized spacial score (nSPS) is 28.1. The third kappa shape index (κ3) is 1.87. The fraction of sp³-hybridized carbons (Fsp3) is 0.538. The predicted molar refractivity (Wildman–Crippen MR) is 61.9 cm³/mol. The second-order valence-corrected chi connectivity index (χ2v) is 4.53. The van der Waals surface area contributed by atoms with E-state index in [9.17, 15) is 5.11 Å². The molecule has 0 amide bonds. The van der Waals surface area contributed by atoms with Gasteiger partial charge in [-0.25, -0.2) is 0 Å². The summed E-state index contributed by atoms with van der Waals surface area (Å²) in [5.74, 6) is 1.49. The van der Waals surface area contributed by atoms with Crippen molar-refractivity contribution < 1.29 is 14.6 Å². The number of benzene rings is 1. The smallest absolute Gasteiger partial charge is 0.129 e. The van der Waals surface area contributed by atoms with Crippen LogP contribution in [0.5, 0.6) is 11.5 Å². The van der Waals surface area contributed by atoms with Gasteiger partial charge in [0.1, 0.15) is 17.1 Å².